The molecule has 56 heavy (non-hydrogen) atoms. The van der Waals surface area contributed by atoms with Crippen LogP contribution in [0.5, 0.6) is 0 Å². The van der Waals surface area contributed by atoms with Gasteiger partial charge in [0.05, 0.1) is 37.6 Å². The van der Waals surface area contributed by atoms with Gasteiger partial charge in [0.2, 0.25) is 11.9 Å². The molecule has 2 aliphatic heterocycles. The zero-order chi connectivity index (χ0) is 40.6. The van der Waals surface area contributed by atoms with E-state index in [0.717, 1.165) is 0 Å². The van der Waals surface area contributed by atoms with Gasteiger partial charge in [-0.25, -0.2) is 65.4 Å². The van der Waals surface area contributed by atoms with Gasteiger partial charge >= 0.3 is 24.0 Å². The van der Waals surface area contributed by atoms with Gasteiger partial charge in [-0.2, -0.15) is 0 Å². The van der Waals surface area contributed by atoms with E-state index in [1.54, 1.807) is 39.8 Å². The summed E-state index contributed by atoms with van der Waals surface area (Å²) >= 11 is 0. The standard InChI is InChI=1S/2C17H18N4O6S/c2*1-10-7-11(2)19-16(18-10)20-17(23)21-28(24,25)14-6-4-3-5-13(14)15(22)27-12-8-26-9-12/h2*3-7,12H,8-9H2,1-2H3,(H2,18,19,20,21,23). The number of amides is 4. The van der Waals surface area contributed by atoms with Gasteiger partial charge in [0, 0.05) is 22.8 Å². The van der Waals surface area contributed by atoms with Gasteiger partial charge in [-0.1, -0.05) is 24.3 Å². The van der Waals surface area contributed by atoms with Crippen LogP contribution in [0.25, 0.3) is 0 Å². The molecule has 0 radical (unpaired) electrons. The number of sulfonamides is 2. The lowest BCUT2D eigenvalue weighted by molar-refractivity contribution is -0.103. The Morgan fingerprint density at radius 3 is 1.20 bits per heavy atom. The molecule has 4 amide bonds. The third kappa shape index (κ3) is 11.0. The normalized spacial score (nSPS) is 14.1. The molecule has 0 aliphatic carbocycles. The van der Waals surface area contributed by atoms with E-state index in [1.807, 2.05) is 9.44 Å². The molecule has 0 saturated carbocycles. The molecule has 6 rings (SSSR count). The maximum Gasteiger partial charge on any atom is 0.339 e. The molecular weight excluding hydrogens is 777 g/mol. The lowest BCUT2D eigenvalue weighted by Gasteiger charge is -2.25. The smallest absolute Gasteiger partial charge is 0.339 e. The molecule has 2 fully saturated rings. The molecule has 0 spiro atoms. The first kappa shape index (κ1) is 41.1. The summed E-state index contributed by atoms with van der Waals surface area (Å²) in [5, 5.41) is 4.53. The molecule has 2 aromatic carbocycles. The molecule has 0 atom stereocenters. The van der Waals surface area contributed by atoms with E-state index >= 15 is 0 Å². The van der Waals surface area contributed by atoms with Crippen LogP contribution >= 0.6 is 0 Å². The van der Waals surface area contributed by atoms with Gasteiger partial charge in [0.25, 0.3) is 20.0 Å². The van der Waals surface area contributed by atoms with E-state index in [2.05, 4.69) is 30.6 Å². The summed E-state index contributed by atoms with van der Waals surface area (Å²) in [6.45, 7) is 7.89. The highest BCUT2D eigenvalue weighted by Gasteiger charge is 2.30. The Hall–Kier alpha value is -6.10. The summed E-state index contributed by atoms with van der Waals surface area (Å²) in [6, 6.07) is 12.2. The molecule has 4 heterocycles. The predicted molar refractivity (Wildman–Crippen MR) is 195 cm³/mol. The zero-order valence-electron chi connectivity index (χ0n) is 30.3. The minimum atomic E-state index is -4.35. The van der Waals surface area contributed by atoms with Crippen LogP contribution in [0.15, 0.2) is 70.5 Å². The first-order valence-corrected chi connectivity index (χ1v) is 19.5. The molecule has 2 saturated heterocycles. The van der Waals surface area contributed by atoms with Crippen molar-refractivity contribution in [3.8, 4) is 0 Å². The summed E-state index contributed by atoms with van der Waals surface area (Å²) in [4.78, 5) is 64.1. The topological polar surface area (TPSA) is 273 Å². The van der Waals surface area contributed by atoms with Crippen LogP contribution in [0.1, 0.15) is 43.5 Å². The van der Waals surface area contributed by atoms with Crippen LogP contribution in [0, 0.1) is 27.7 Å². The van der Waals surface area contributed by atoms with Crippen molar-refractivity contribution in [1.29, 1.82) is 0 Å². The molecule has 2 aromatic heterocycles. The van der Waals surface area contributed by atoms with Gasteiger partial charge in [0.1, 0.15) is 22.0 Å². The number of hydrogen-bond acceptors (Lipinski definition) is 16. The highest BCUT2D eigenvalue weighted by Crippen LogP contribution is 2.20. The number of carbonyl (C=O) groups excluding carboxylic acids is 4. The number of nitrogens with zero attached hydrogens (tertiary/aromatic N) is 4. The van der Waals surface area contributed by atoms with E-state index in [4.69, 9.17) is 18.9 Å². The number of aromatic nitrogens is 4. The Balaban J connectivity index is 0.000000214. The Kier molecular flexibility index (Phi) is 12.9. The van der Waals surface area contributed by atoms with Crippen LogP contribution in [-0.4, -0.2) is 99.4 Å². The monoisotopic (exact) mass is 812 g/mol. The zero-order valence-corrected chi connectivity index (χ0v) is 31.9. The van der Waals surface area contributed by atoms with E-state index < -0.39 is 56.3 Å². The van der Waals surface area contributed by atoms with Crippen molar-refractivity contribution in [2.75, 3.05) is 37.1 Å². The number of rotatable bonds is 10. The number of ether oxygens (including phenoxy) is 4. The number of aryl methyl sites for hydroxylation is 4. The van der Waals surface area contributed by atoms with Crippen LogP contribution in [0.2, 0.25) is 0 Å². The highest BCUT2D eigenvalue weighted by atomic mass is 32.2. The second-order valence-electron chi connectivity index (χ2n) is 12.2. The van der Waals surface area contributed by atoms with Crippen molar-refractivity contribution in [3.63, 3.8) is 0 Å². The van der Waals surface area contributed by atoms with Crippen molar-refractivity contribution >= 4 is 55.9 Å². The largest absolute Gasteiger partial charge is 0.454 e. The average Bonchev–Trinajstić information content (AvgIpc) is 3.06. The summed E-state index contributed by atoms with van der Waals surface area (Å²) in [7, 11) is -8.70. The number of hydrogen-bond donors (Lipinski definition) is 4. The van der Waals surface area contributed by atoms with Crippen LogP contribution < -0.4 is 20.1 Å². The van der Waals surface area contributed by atoms with Gasteiger partial charge < -0.3 is 18.9 Å². The maximum absolute atomic E-state index is 12.6. The fraction of sp³-hybridized carbons (Fsp3) is 0.294. The molecular formula is C34H36N8O12S2. The lowest BCUT2D eigenvalue weighted by atomic mass is 10.2. The van der Waals surface area contributed by atoms with Crippen molar-refractivity contribution in [2.24, 2.45) is 0 Å². The quantitative estimate of drug-likeness (QED) is 0.167. The third-order valence-corrected chi connectivity index (χ3v) is 10.2. The number of urea groups is 2. The maximum atomic E-state index is 12.6. The molecule has 0 bridgehead atoms. The van der Waals surface area contributed by atoms with Crippen molar-refractivity contribution in [3.05, 3.63) is 94.6 Å². The summed E-state index contributed by atoms with van der Waals surface area (Å²) < 4.78 is 74.3. The molecule has 20 nitrogen and oxygen atoms in total. The Bertz CT molecular complexity index is 2160. The number of carbonyl (C=O) groups is 4. The van der Waals surface area contributed by atoms with Crippen molar-refractivity contribution in [1.82, 2.24) is 29.4 Å². The summed E-state index contributed by atoms with van der Waals surface area (Å²) in [6.07, 6.45) is -0.831. The minimum Gasteiger partial charge on any atom is -0.454 e. The van der Waals surface area contributed by atoms with Crippen LogP contribution in [-0.2, 0) is 39.0 Å². The Morgan fingerprint density at radius 1 is 0.571 bits per heavy atom. The Labute approximate surface area is 320 Å². The molecule has 296 valence electrons. The lowest BCUT2D eigenvalue weighted by Crippen LogP contribution is -2.39. The second-order valence-corrected chi connectivity index (χ2v) is 15.5. The first-order valence-electron chi connectivity index (χ1n) is 16.6. The third-order valence-electron chi connectivity index (χ3n) is 7.42. The van der Waals surface area contributed by atoms with Crippen LogP contribution in [0.4, 0.5) is 21.5 Å². The van der Waals surface area contributed by atoms with Gasteiger partial charge in [-0.15, -0.1) is 0 Å². The second kappa shape index (κ2) is 17.6. The SMILES string of the molecule is Cc1cc(C)nc(NC(=O)NS(=O)(=O)c2ccccc2C(=O)OC2COC2)n1.Cc1cc(C)nc(NC(=O)NS(=O)(=O)c2ccccc2C(=O)OC2COC2)n1. The molecule has 4 aromatic rings. The molecule has 0 unspecified atom stereocenters. The van der Waals surface area contributed by atoms with Crippen molar-refractivity contribution in [2.45, 2.75) is 49.7 Å². The van der Waals surface area contributed by atoms with E-state index in [1.165, 1.54) is 48.5 Å². The number of benzene rings is 2. The fourth-order valence-electron chi connectivity index (χ4n) is 4.91. The fourth-order valence-corrected chi connectivity index (χ4v) is 7.11. The van der Waals surface area contributed by atoms with Gasteiger partial charge in [0.15, 0.2) is 0 Å². The van der Waals surface area contributed by atoms with Gasteiger partial charge in [-0.05, 0) is 64.1 Å². The van der Waals surface area contributed by atoms with Gasteiger partial charge in [-0.3, -0.25) is 10.6 Å². The van der Waals surface area contributed by atoms with E-state index in [-0.39, 0.29) is 59.2 Å². The summed E-state index contributed by atoms with van der Waals surface area (Å²) in [5.41, 5.74) is 2.07. The van der Waals surface area contributed by atoms with E-state index in [0.29, 0.717) is 22.8 Å². The molecule has 2 aliphatic rings. The highest BCUT2D eigenvalue weighted by molar-refractivity contribution is 7.90. The first-order chi connectivity index (χ1) is 26.5. The molecule has 4 N–H and O–H groups in total. The van der Waals surface area contributed by atoms with Crippen molar-refractivity contribution < 1.29 is 55.0 Å². The minimum absolute atomic E-state index is 0.0390. The number of esters is 2. The Morgan fingerprint density at radius 2 is 0.893 bits per heavy atom. The summed E-state index contributed by atoms with van der Waals surface area (Å²) in [5.74, 6) is -1.70. The number of anilines is 2. The van der Waals surface area contributed by atoms with E-state index in [9.17, 15) is 36.0 Å². The average molecular weight is 813 g/mol. The predicted octanol–water partition coefficient (Wildman–Crippen LogP) is 2.32. The van der Waals surface area contributed by atoms with Crippen LogP contribution in [0.3, 0.4) is 0 Å². The number of nitrogens with one attached hydrogen (secondary N) is 4. The molecule has 22 heteroatoms.